The summed E-state index contributed by atoms with van der Waals surface area (Å²) < 4.78 is 71.4. The van der Waals surface area contributed by atoms with Crippen LogP contribution in [0.2, 0.25) is 0 Å². The zero-order valence-electron chi connectivity index (χ0n) is 17.9. The van der Waals surface area contributed by atoms with Gasteiger partial charge in [-0.1, -0.05) is 12.1 Å². The van der Waals surface area contributed by atoms with Gasteiger partial charge in [-0.15, -0.1) is 5.06 Å². The monoisotopic (exact) mass is 510 g/mol. The van der Waals surface area contributed by atoms with Crippen molar-refractivity contribution in [1.82, 2.24) is 10.3 Å². The molecule has 0 spiro atoms. The molecule has 188 valence electrons. The fourth-order valence-corrected chi connectivity index (χ4v) is 2.68. The zero-order valence-corrected chi connectivity index (χ0v) is 17.9. The number of aromatic nitrogens is 1. The number of halogens is 5. The fourth-order valence-electron chi connectivity index (χ4n) is 2.68. The first-order chi connectivity index (χ1) is 16.9. The van der Waals surface area contributed by atoms with Crippen molar-refractivity contribution in [1.29, 1.82) is 0 Å². The number of rotatable bonds is 5. The van der Waals surface area contributed by atoms with Crippen LogP contribution >= 0.6 is 0 Å². The second-order valence-corrected chi connectivity index (χ2v) is 6.96. The van der Waals surface area contributed by atoms with Crippen LogP contribution in [-0.4, -0.2) is 29.1 Å². The number of pyridine rings is 1. The first-order valence-electron chi connectivity index (χ1n) is 9.79. The highest BCUT2D eigenvalue weighted by atomic mass is 19.4. The number of nitrogens with two attached hydrogens (primary N) is 1. The van der Waals surface area contributed by atoms with Crippen molar-refractivity contribution < 1.29 is 45.9 Å². The van der Waals surface area contributed by atoms with Gasteiger partial charge in [0.05, 0.1) is 6.42 Å². The normalized spacial score (nSPS) is 10.9. The summed E-state index contributed by atoms with van der Waals surface area (Å²) in [5, 5.41) is 1.32. The largest absolute Gasteiger partial charge is 0.493 e. The summed E-state index contributed by atoms with van der Waals surface area (Å²) in [5.74, 6) is -5.75. The van der Waals surface area contributed by atoms with E-state index >= 15 is 0 Å². The molecule has 3 N–H and O–H groups in total. The van der Waals surface area contributed by atoms with E-state index in [2.05, 4.69) is 9.82 Å². The minimum atomic E-state index is -5.54. The molecule has 0 fully saturated rings. The summed E-state index contributed by atoms with van der Waals surface area (Å²) in [5.41, 5.74) is 4.83. The molecule has 3 aromatic rings. The number of ether oxygens (including phenoxy) is 1. The maximum atomic E-state index is 14.8. The SMILES string of the molecule is Nc1cc(Oc2ccc(N(OC(=O)C(F)(F)F)C(=O)NC(=O)Cc3ccc(F)cc3)c(F)c2)ccn1. The number of carbonyl (C=O) groups excluding carboxylic acids is 3. The molecule has 14 heteroatoms. The number of nitrogens with zero attached hydrogens (tertiary/aromatic N) is 2. The summed E-state index contributed by atoms with van der Waals surface area (Å²) in [4.78, 5) is 43.8. The van der Waals surface area contributed by atoms with Gasteiger partial charge in [-0.25, -0.2) is 23.4 Å². The van der Waals surface area contributed by atoms with Crippen LogP contribution in [0.1, 0.15) is 5.56 Å². The molecule has 1 aromatic heterocycles. The van der Waals surface area contributed by atoms with E-state index in [1.165, 1.54) is 30.5 Å². The van der Waals surface area contributed by atoms with Crippen molar-refractivity contribution in [2.24, 2.45) is 0 Å². The lowest BCUT2D eigenvalue weighted by Gasteiger charge is -2.22. The summed E-state index contributed by atoms with van der Waals surface area (Å²) in [6, 6.07) is 8.07. The first kappa shape index (κ1) is 25.9. The Morgan fingerprint density at radius 2 is 1.64 bits per heavy atom. The third-order valence-corrected chi connectivity index (χ3v) is 4.24. The number of carbonyl (C=O) groups is 3. The van der Waals surface area contributed by atoms with Gasteiger partial charge in [0.25, 0.3) is 0 Å². The number of imide groups is 1. The van der Waals surface area contributed by atoms with Gasteiger partial charge in [-0.3, -0.25) is 10.1 Å². The quantitative estimate of drug-likeness (QED) is 0.392. The summed E-state index contributed by atoms with van der Waals surface area (Å²) in [7, 11) is 0. The van der Waals surface area contributed by atoms with E-state index in [0.717, 1.165) is 24.3 Å². The number of nitrogen functional groups attached to an aromatic ring is 1. The van der Waals surface area contributed by atoms with Crippen LogP contribution in [0.4, 0.5) is 38.3 Å². The Balaban J connectivity index is 1.82. The molecule has 3 amide bonds. The number of hydrogen-bond donors (Lipinski definition) is 2. The average molecular weight is 510 g/mol. The summed E-state index contributed by atoms with van der Waals surface area (Å²) in [6.07, 6.45) is -4.73. The standard InChI is InChI=1S/C22H15F5N4O5/c23-13-3-1-12(2-4-13)9-19(32)30-21(34)31(36-20(33)22(25,26)27)17-6-5-14(10-16(17)24)35-15-7-8-29-18(28)11-15/h1-8,10-11H,9H2,(H2,28,29)(H,30,32,34). The highest BCUT2D eigenvalue weighted by molar-refractivity contribution is 6.03. The van der Waals surface area contributed by atoms with Gasteiger partial charge in [-0.2, -0.15) is 13.2 Å². The average Bonchev–Trinajstić information content (AvgIpc) is 2.78. The lowest BCUT2D eigenvalue weighted by atomic mass is 10.1. The van der Waals surface area contributed by atoms with Crippen LogP contribution in [0.25, 0.3) is 0 Å². The van der Waals surface area contributed by atoms with Crippen molar-refractivity contribution in [3.05, 3.63) is 78.0 Å². The van der Waals surface area contributed by atoms with Crippen LogP contribution < -0.4 is 20.9 Å². The van der Waals surface area contributed by atoms with E-state index in [1.807, 2.05) is 0 Å². The molecule has 36 heavy (non-hydrogen) atoms. The maximum absolute atomic E-state index is 14.8. The lowest BCUT2D eigenvalue weighted by Crippen LogP contribution is -2.46. The molecule has 3 rings (SSSR count). The Labute approximate surface area is 199 Å². The molecule has 0 radical (unpaired) electrons. The van der Waals surface area contributed by atoms with E-state index in [4.69, 9.17) is 10.5 Å². The van der Waals surface area contributed by atoms with Crippen LogP contribution in [0.3, 0.4) is 0 Å². The van der Waals surface area contributed by atoms with E-state index in [-0.39, 0.29) is 27.9 Å². The third kappa shape index (κ3) is 6.88. The highest BCUT2D eigenvalue weighted by Crippen LogP contribution is 2.29. The van der Waals surface area contributed by atoms with Gasteiger partial charge in [0.2, 0.25) is 5.91 Å². The van der Waals surface area contributed by atoms with Gasteiger partial charge in [0, 0.05) is 18.3 Å². The Hall–Kier alpha value is -4.75. The molecule has 2 aromatic carbocycles. The molecule has 0 saturated heterocycles. The second-order valence-electron chi connectivity index (χ2n) is 6.96. The van der Waals surface area contributed by atoms with Crippen molar-refractivity contribution in [3.63, 3.8) is 0 Å². The topological polar surface area (TPSA) is 124 Å². The van der Waals surface area contributed by atoms with Crippen molar-refractivity contribution >= 4 is 29.4 Å². The summed E-state index contributed by atoms with van der Waals surface area (Å²) >= 11 is 0. The molecular formula is C22H15F5N4O5. The van der Waals surface area contributed by atoms with Crippen molar-refractivity contribution in [3.8, 4) is 11.5 Å². The molecule has 0 unspecified atom stereocenters. The van der Waals surface area contributed by atoms with Crippen LogP contribution in [0, 0.1) is 11.6 Å². The number of nitrogens with one attached hydrogen (secondary N) is 1. The zero-order chi connectivity index (χ0) is 26.5. The van der Waals surface area contributed by atoms with E-state index in [0.29, 0.717) is 6.07 Å². The van der Waals surface area contributed by atoms with E-state index < -0.39 is 47.8 Å². The Morgan fingerprint density at radius 3 is 2.25 bits per heavy atom. The first-order valence-corrected chi connectivity index (χ1v) is 9.79. The Kier molecular flexibility index (Phi) is 7.67. The predicted molar refractivity (Wildman–Crippen MR) is 113 cm³/mol. The number of hydroxylamine groups is 1. The number of benzene rings is 2. The molecule has 9 nitrogen and oxygen atoms in total. The number of anilines is 2. The highest BCUT2D eigenvalue weighted by Gasteiger charge is 2.44. The van der Waals surface area contributed by atoms with Crippen LogP contribution in [0.15, 0.2) is 60.8 Å². The number of urea groups is 1. The minimum absolute atomic E-state index is 0.0943. The van der Waals surface area contributed by atoms with Crippen LogP contribution in [0.5, 0.6) is 11.5 Å². The van der Waals surface area contributed by atoms with Gasteiger partial charge in [-0.05, 0) is 35.9 Å². The van der Waals surface area contributed by atoms with Crippen molar-refractivity contribution in [2.45, 2.75) is 12.6 Å². The predicted octanol–water partition coefficient (Wildman–Crippen LogP) is 4.04. The molecule has 0 saturated carbocycles. The molecular weight excluding hydrogens is 495 g/mol. The molecule has 1 heterocycles. The molecule has 0 aliphatic heterocycles. The lowest BCUT2D eigenvalue weighted by molar-refractivity contribution is -0.199. The molecule has 0 aliphatic rings. The van der Waals surface area contributed by atoms with Gasteiger partial charge in [0.1, 0.15) is 28.8 Å². The van der Waals surface area contributed by atoms with Gasteiger partial charge >= 0.3 is 18.2 Å². The van der Waals surface area contributed by atoms with Gasteiger partial charge < -0.3 is 15.3 Å². The molecule has 0 aliphatic carbocycles. The Morgan fingerprint density at radius 1 is 0.972 bits per heavy atom. The van der Waals surface area contributed by atoms with E-state index in [1.54, 1.807) is 5.32 Å². The van der Waals surface area contributed by atoms with E-state index in [9.17, 15) is 36.3 Å². The number of alkyl halides is 3. The minimum Gasteiger partial charge on any atom is -0.457 e. The summed E-state index contributed by atoms with van der Waals surface area (Å²) in [6.45, 7) is 0. The fraction of sp³-hybridized carbons (Fsp3) is 0.0909. The second kappa shape index (κ2) is 10.7. The third-order valence-electron chi connectivity index (χ3n) is 4.24. The Bertz CT molecular complexity index is 1280. The number of amides is 3. The molecule has 0 atom stereocenters. The van der Waals surface area contributed by atoms with Gasteiger partial charge in [0.15, 0.2) is 5.82 Å². The molecule has 0 bridgehead atoms. The van der Waals surface area contributed by atoms with Crippen molar-refractivity contribution in [2.75, 3.05) is 10.8 Å². The smallest absolute Gasteiger partial charge is 0.457 e. The van der Waals surface area contributed by atoms with Crippen LogP contribution in [-0.2, 0) is 20.8 Å². The number of hydrogen-bond acceptors (Lipinski definition) is 7. The maximum Gasteiger partial charge on any atom is 0.493 e.